The lowest BCUT2D eigenvalue weighted by molar-refractivity contribution is 0.0269. The summed E-state index contributed by atoms with van der Waals surface area (Å²) in [5, 5.41) is 28.5. The monoisotopic (exact) mass is 254 g/mol. The molecule has 98 valence electrons. The van der Waals surface area contributed by atoms with Crippen LogP contribution in [-0.2, 0) is 7.05 Å². The van der Waals surface area contributed by atoms with Crippen LogP contribution in [0.1, 0.15) is 6.04 Å². The Hall–Kier alpha value is -1.70. The zero-order valence-corrected chi connectivity index (χ0v) is 9.72. The molecule has 1 heterocycles. The van der Waals surface area contributed by atoms with Crippen molar-refractivity contribution in [1.29, 1.82) is 0 Å². The van der Waals surface area contributed by atoms with Crippen LogP contribution in [0.3, 0.4) is 0 Å². The highest BCUT2D eigenvalue weighted by Gasteiger charge is 2.35. The van der Waals surface area contributed by atoms with Gasteiger partial charge in [0.05, 0.1) is 12.6 Å². The maximum Gasteiger partial charge on any atom is 0.331 e. The van der Waals surface area contributed by atoms with Gasteiger partial charge in [0, 0.05) is 19.3 Å². The molecule has 3 N–H and O–H groups in total. The molecule has 0 amide bonds. The van der Waals surface area contributed by atoms with Crippen molar-refractivity contribution >= 4 is 0 Å². The molecule has 3 unspecified atom stereocenters. The van der Waals surface area contributed by atoms with Gasteiger partial charge < -0.3 is 15.3 Å². The van der Waals surface area contributed by atoms with E-state index in [1.807, 2.05) is 0 Å². The Morgan fingerprint density at radius 2 is 2.00 bits per heavy atom. The van der Waals surface area contributed by atoms with Crippen molar-refractivity contribution in [3.8, 4) is 0 Å². The second-order valence-corrected chi connectivity index (χ2v) is 4.23. The molecule has 0 saturated carbocycles. The topological polar surface area (TPSA) is 105 Å². The number of aliphatic hydroxyl groups excluding tert-OH is 3. The van der Waals surface area contributed by atoms with Crippen LogP contribution >= 0.6 is 0 Å². The molecule has 0 aliphatic heterocycles. The Labute approximate surface area is 102 Å². The van der Waals surface area contributed by atoms with E-state index in [1.54, 1.807) is 0 Å². The lowest BCUT2D eigenvalue weighted by atomic mass is 10.1. The Balaban J connectivity index is 2.51. The summed E-state index contributed by atoms with van der Waals surface area (Å²) in [7, 11) is 1.33. The molecule has 1 aromatic heterocycles. The summed E-state index contributed by atoms with van der Waals surface area (Å²) >= 11 is 0. The molecule has 7 nitrogen and oxygen atoms in total. The molecule has 0 fully saturated rings. The van der Waals surface area contributed by atoms with Crippen LogP contribution in [0.5, 0.6) is 0 Å². The molecule has 0 radical (unpaired) electrons. The standard InChI is InChI=1S/C11H14N2O5/c1-12-8(15)2-3-13(11(12)18)7-4-6(5-14)9(16)10(7)17/h2-4,7,9-10,14,16-17H,5H2,1H3. The van der Waals surface area contributed by atoms with Gasteiger partial charge in [0.2, 0.25) is 0 Å². The summed E-state index contributed by atoms with van der Waals surface area (Å²) in [5.41, 5.74) is -0.780. The summed E-state index contributed by atoms with van der Waals surface area (Å²) in [6.45, 7) is -0.394. The van der Waals surface area contributed by atoms with Crippen LogP contribution in [0.4, 0.5) is 0 Å². The van der Waals surface area contributed by atoms with Gasteiger partial charge >= 0.3 is 5.69 Å². The first-order valence-corrected chi connectivity index (χ1v) is 5.43. The van der Waals surface area contributed by atoms with Crippen molar-refractivity contribution in [2.24, 2.45) is 7.05 Å². The fourth-order valence-corrected chi connectivity index (χ4v) is 2.03. The summed E-state index contributed by atoms with van der Waals surface area (Å²) in [4.78, 5) is 23.1. The molecule has 0 bridgehead atoms. The summed E-state index contributed by atoms with van der Waals surface area (Å²) < 4.78 is 2.06. The first kappa shape index (κ1) is 12.7. The zero-order chi connectivity index (χ0) is 13.4. The second kappa shape index (κ2) is 4.52. The third-order valence-corrected chi connectivity index (χ3v) is 3.16. The highest BCUT2D eigenvalue weighted by Crippen LogP contribution is 2.27. The maximum atomic E-state index is 11.9. The van der Waals surface area contributed by atoms with Crippen molar-refractivity contribution in [2.45, 2.75) is 18.2 Å². The minimum absolute atomic E-state index is 0.258. The van der Waals surface area contributed by atoms with Crippen molar-refractivity contribution < 1.29 is 15.3 Å². The van der Waals surface area contributed by atoms with Crippen LogP contribution < -0.4 is 11.2 Å². The summed E-state index contributed by atoms with van der Waals surface area (Å²) in [6.07, 6.45) is 0.273. The lowest BCUT2D eigenvalue weighted by Crippen LogP contribution is -2.41. The molecule has 1 aliphatic carbocycles. The fraction of sp³-hybridized carbons (Fsp3) is 0.455. The quantitative estimate of drug-likeness (QED) is 0.517. The number of aliphatic hydroxyl groups is 3. The number of hydrogen-bond donors (Lipinski definition) is 3. The van der Waals surface area contributed by atoms with Gasteiger partial charge in [0.15, 0.2) is 0 Å². The fourth-order valence-electron chi connectivity index (χ4n) is 2.03. The average Bonchev–Trinajstić information content (AvgIpc) is 2.64. The number of rotatable bonds is 2. The van der Waals surface area contributed by atoms with Gasteiger partial charge in [-0.15, -0.1) is 0 Å². The third-order valence-electron chi connectivity index (χ3n) is 3.16. The lowest BCUT2D eigenvalue weighted by Gasteiger charge is -2.19. The van der Waals surface area contributed by atoms with Gasteiger partial charge in [-0.1, -0.05) is 6.08 Å². The third kappa shape index (κ3) is 1.82. The molecule has 2 rings (SSSR count). The van der Waals surface area contributed by atoms with Crippen LogP contribution in [0.25, 0.3) is 0 Å². The summed E-state index contributed by atoms with van der Waals surface area (Å²) in [6, 6.07) is 0.409. The number of aromatic nitrogens is 2. The van der Waals surface area contributed by atoms with E-state index < -0.39 is 36.1 Å². The van der Waals surface area contributed by atoms with Crippen molar-refractivity contribution in [3.63, 3.8) is 0 Å². The number of nitrogens with zero attached hydrogens (tertiary/aromatic N) is 2. The first-order chi connectivity index (χ1) is 8.47. The zero-order valence-electron chi connectivity index (χ0n) is 9.72. The Morgan fingerprint density at radius 1 is 1.33 bits per heavy atom. The molecule has 1 aromatic rings. The van der Waals surface area contributed by atoms with Crippen molar-refractivity contribution in [2.75, 3.05) is 6.61 Å². The van der Waals surface area contributed by atoms with E-state index >= 15 is 0 Å². The highest BCUT2D eigenvalue weighted by molar-refractivity contribution is 5.23. The normalized spacial score (nSPS) is 27.3. The molecule has 1 aliphatic rings. The van der Waals surface area contributed by atoms with E-state index in [-0.39, 0.29) is 5.57 Å². The van der Waals surface area contributed by atoms with E-state index in [2.05, 4.69) is 0 Å². The van der Waals surface area contributed by atoms with Gasteiger partial charge in [-0.3, -0.25) is 13.9 Å². The maximum absolute atomic E-state index is 11.9. The second-order valence-electron chi connectivity index (χ2n) is 4.23. The molecule has 0 aromatic carbocycles. The Morgan fingerprint density at radius 3 is 2.56 bits per heavy atom. The van der Waals surface area contributed by atoms with E-state index in [0.29, 0.717) is 0 Å². The SMILES string of the molecule is Cn1c(=O)ccn(C2C=C(CO)C(O)C2O)c1=O. The average molecular weight is 254 g/mol. The molecule has 18 heavy (non-hydrogen) atoms. The number of hydrogen-bond acceptors (Lipinski definition) is 5. The minimum atomic E-state index is -1.22. The van der Waals surface area contributed by atoms with E-state index in [4.69, 9.17) is 5.11 Å². The van der Waals surface area contributed by atoms with Crippen LogP contribution in [0.15, 0.2) is 33.5 Å². The smallest absolute Gasteiger partial charge is 0.331 e. The van der Waals surface area contributed by atoms with E-state index in [0.717, 1.165) is 9.13 Å². The van der Waals surface area contributed by atoms with Crippen molar-refractivity contribution in [3.05, 3.63) is 44.8 Å². The Kier molecular flexibility index (Phi) is 3.20. The van der Waals surface area contributed by atoms with Gasteiger partial charge in [-0.05, 0) is 5.57 Å². The van der Waals surface area contributed by atoms with Gasteiger partial charge in [0.25, 0.3) is 5.56 Å². The van der Waals surface area contributed by atoms with E-state index in [9.17, 15) is 19.8 Å². The molecular formula is C11H14N2O5. The molecule has 7 heteroatoms. The summed E-state index contributed by atoms with van der Waals surface area (Å²) in [5.74, 6) is 0. The van der Waals surface area contributed by atoms with Crippen LogP contribution in [0, 0.1) is 0 Å². The van der Waals surface area contributed by atoms with Gasteiger partial charge in [0.1, 0.15) is 12.2 Å². The van der Waals surface area contributed by atoms with Gasteiger partial charge in [-0.25, -0.2) is 4.79 Å². The highest BCUT2D eigenvalue weighted by atomic mass is 16.3. The minimum Gasteiger partial charge on any atom is -0.392 e. The van der Waals surface area contributed by atoms with Gasteiger partial charge in [-0.2, -0.15) is 0 Å². The Bertz CT molecular complexity index is 600. The molecule has 0 spiro atoms. The predicted octanol–water partition coefficient (Wildman–Crippen LogP) is -2.26. The molecular weight excluding hydrogens is 240 g/mol. The largest absolute Gasteiger partial charge is 0.392 e. The molecule has 0 saturated heterocycles. The van der Waals surface area contributed by atoms with Crippen LogP contribution in [-0.4, -0.2) is 43.3 Å². The van der Waals surface area contributed by atoms with E-state index in [1.165, 1.54) is 25.4 Å². The van der Waals surface area contributed by atoms with Crippen molar-refractivity contribution in [1.82, 2.24) is 9.13 Å². The first-order valence-electron chi connectivity index (χ1n) is 5.43. The predicted molar refractivity (Wildman–Crippen MR) is 62.2 cm³/mol. The van der Waals surface area contributed by atoms with Crippen LogP contribution in [0.2, 0.25) is 0 Å². The molecule has 3 atom stereocenters.